The summed E-state index contributed by atoms with van der Waals surface area (Å²) in [5.74, 6) is 0. The van der Waals surface area contributed by atoms with Gasteiger partial charge in [0.25, 0.3) is 5.69 Å². The number of nitro groups is 1. The molecule has 1 fully saturated rings. The molecule has 0 aromatic heterocycles. The van der Waals surface area contributed by atoms with Gasteiger partial charge in [-0.05, 0) is 37.0 Å². The van der Waals surface area contributed by atoms with E-state index in [1.165, 1.54) is 12.1 Å². The van der Waals surface area contributed by atoms with Crippen LogP contribution in [0.15, 0.2) is 30.3 Å². The molecular formula is C14H17NO4. The highest BCUT2D eigenvalue weighted by Crippen LogP contribution is 2.14. The zero-order valence-corrected chi connectivity index (χ0v) is 10.7. The summed E-state index contributed by atoms with van der Waals surface area (Å²) in [5, 5.41) is 10.5. The van der Waals surface area contributed by atoms with Crippen LogP contribution in [0.1, 0.15) is 24.8 Å². The molecule has 1 saturated heterocycles. The molecule has 0 amide bonds. The van der Waals surface area contributed by atoms with Crippen LogP contribution >= 0.6 is 0 Å². The minimum Gasteiger partial charge on any atom is -0.353 e. The van der Waals surface area contributed by atoms with E-state index in [2.05, 4.69) is 0 Å². The average Bonchev–Trinajstić information content (AvgIpc) is 2.45. The molecule has 0 radical (unpaired) electrons. The number of ether oxygens (including phenoxy) is 2. The molecule has 0 saturated carbocycles. The molecule has 1 aliphatic heterocycles. The van der Waals surface area contributed by atoms with Gasteiger partial charge >= 0.3 is 0 Å². The molecule has 0 spiro atoms. The van der Waals surface area contributed by atoms with Crippen molar-refractivity contribution in [2.75, 3.05) is 13.2 Å². The van der Waals surface area contributed by atoms with E-state index >= 15 is 0 Å². The molecule has 1 heterocycles. The normalized spacial score (nSPS) is 19.7. The molecule has 102 valence electrons. The smallest absolute Gasteiger partial charge is 0.269 e. The minimum atomic E-state index is -0.406. The van der Waals surface area contributed by atoms with Gasteiger partial charge in [0, 0.05) is 18.7 Å². The molecule has 1 aromatic carbocycles. The van der Waals surface area contributed by atoms with E-state index in [9.17, 15) is 10.1 Å². The number of non-ortho nitro benzene ring substituents is 1. The molecular weight excluding hydrogens is 246 g/mol. The fourth-order valence-electron chi connectivity index (χ4n) is 1.90. The molecule has 0 bridgehead atoms. The van der Waals surface area contributed by atoms with Crippen LogP contribution in [-0.4, -0.2) is 24.4 Å². The lowest BCUT2D eigenvalue weighted by Gasteiger charge is -2.21. The van der Waals surface area contributed by atoms with Gasteiger partial charge in [-0.15, -0.1) is 0 Å². The first-order valence-corrected chi connectivity index (χ1v) is 6.40. The summed E-state index contributed by atoms with van der Waals surface area (Å²) in [7, 11) is 0. The van der Waals surface area contributed by atoms with Gasteiger partial charge in [-0.2, -0.15) is 0 Å². The molecule has 19 heavy (non-hydrogen) atoms. The Morgan fingerprint density at radius 2 is 2.16 bits per heavy atom. The molecule has 0 N–H and O–H groups in total. The lowest BCUT2D eigenvalue weighted by molar-refractivity contribution is -0.384. The van der Waals surface area contributed by atoms with E-state index in [1.54, 1.807) is 12.1 Å². The number of hydrogen-bond donors (Lipinski definition) is 0. The van der Waals surface area contributed by atoms with Crippen LogP contribution < -0.4 is 0 Å². The molecule has 0 aliphatic carbocycles. The highest BCUT2D eigenvalue weighted by Gasteiger charge is 2.12. The topological polar surface area (TPSA) is 61.6 Å². The van der Waals surface area contributed by atoms with Gasteiger partial charge in [-0.25, -0.2) is 0 Å². The number of nitrogens with zero attached hydrogens (tertiary/aromatic N) is 1. The van der Waals surface area contributed by atoms with Gasteiger partial charge in [0.1, 0.15) is 0 Å². The minimum absolute atomic E-state index is 0.0877. The van der Waals surface area contributed by atoms with Crippen molar-refractivity contribution in [3.8, 4) is 0 Å². The van der Waals surface area contributed by atoms with Crippen molar-refractivity contribution in [2.45, 2.75) is 25.6 Å². The highest BCUT2D eigenvalue weighted by atomic mass is 16.7. The Balaban J connectivity index is 1.76. The van der Waals surface area contributed by atoms with E-state index < -0.39 is 4.92 Å². The van der Waals surface area contributed by atoms with Crippen LogP contribution in [0, 0.1) is 10.1 Å². The zero-order chi connectivity index (χ0) is 13.5. The second-order valence-electron chi connectivity index (χ2n) is 4.38. The number of hydrogen-bond acceptors (Lipinski definition) is 4. The molecule has 5 nitrogen and oxygen atoms in total. The lowest BCUT2D eigenvalue weighted by Crippen LogP contribution is -2.22. The largest absolute Gasteiger partial charge is 0.353 e. The molecule has 5 heteroatoms. The maximum atomic E-state index is 10.5. The van der Waals surface area contributed by atoms with Crippen molar-refractivity contribution in [1.29, 1.82) is 0 Å². The third kappa shape index (κ3) is 4.46. The van der Waals surface area contributed by atoms with E-state index in [4.69, 9.17) is 9.47 Å². The second kappa shape index (κ2) is 7.01. The predicted molar refractivity (Wildman–Crippen MR) is 71.7 cm³/mol. The van der Waals surface area contributed by atoms with Crippen molar-refractivity contribution in [2.24, 2.45) is 0 Å². The Hall–Kier alpha value is -1.72. The predicted octanol–water partition coefficient (Wildman–Crippen LogP) is 3.15. The summed E-state index contributed by atoms with van der Waals surface area (Å²) in [6.07, 6.45) is 6.89. The van der Waals surface area contributed by atoms with Gasteiger partial charge in [0.15, 0.2) is 6.29 Å². The Morgan fingerprint density at radius 1 is 1.37 bits per heavy atom. The van der Waals surface area contributed by atoms with Crippen molar-refractivity contribution in [1.82, 2.24) is 0 Å². The Morgan fingerprint density at radius 3 is 2.79 bits per heavy atom. The first-order valence-electron chi connectivity index (χ1n) is 6.40. The Labute approximate surface area is 112 Å². The summed E-state index contributed by atoms with van der Waals surface area (Å²) in [6, 6.07) is 6.41. The van der Waals surface area contributed by atoms with Crippen LogP contribution in [0.2, 0.25) is 0 Å². The second-order valence-corrected chi connectivity index (χ2v) is 4.38. The van der Waals surface area contributed by atoms with E-state index in [0.29, 0.717) is 6.61 Å². The Kier molecular flexibility index (Phi) is 5.06. The van der Waals surface area contributed by atoms with Crippen LogP contribution in [0.25, 0.3) is 6.08 Å². The molecule has 1 aromatic rings. The standard InChI is InChI=1S/C14H17NO4/c16-15(17)13-8-6-12(7-9-13)4-3-11-19-14-5-1-2-10-18-14/h3-4,6-9,14H,1-2,5,10-11H2. The maximum absolute atomic E-state index is 10.5. The first-order chi connectivity index (χ1) is 9.25. The van der Waals surface area contributed by atoms with Crippen LogP contribution in [-0.2, 0) is 9.47 Å². The Bertz CT molecular complexity index is 435. The highest BCUT2D eigenvalue weighted by molar-refractivity contribution is 5.51. The quantitative estimate of drug-likeness (QED) is 0.604. The third-order valence-electron chi connectivity index (χ3n) is 2.93. The third-order valence-corrected chi connectivity index (χ3v) is 2.93. The zero-order valence-electron chi connectivity index (χ0n) is 10.7. The fourth-order valence-corrected chi connectivity index (χ4v) is 1.90. The van der Waals surface area contributed by atoms with Crippen LogP contribution in [0.5, 0.6) is 0 Å². The number of rotatable bonds is 5. The lowest BCUT2D eigenvalue weighted by atomic mass is 10.2. The maximum Gasteiger partial charge on any atom is 0.269 e. The SMILES string of the molecule is O=[N+]([O-])c1ccc(C=CCOC2CCCCO2)cc1. The molecule has 1 unspecified atom stereocenters. The molecule has 1 aliphatic rings. The first kappa shape index (κ1) is 13.7. The summed E-state index contributed by atoms with van der Waals surface area (Å²) in [5.41, 5.74) is 1.02. The monoisotopic (exact) mass is 263 g/mol. The van der Waals surface area contributed by atoms with Crippen molar-refractivity contribution < 1.29 is 14.4 Å². The summed E-state index contributed by atoms with van der Waals surface area (Å²) in [4.78, 5) is 10.1. The van der Waals surface area contributed by atoms with Crippen molar-refractivity contribution in [3.05, 3.63) is 46.0 Å². The molecule has 1 atom stereocenters. The van der Waals surface area contributed by atoms with E-state index in [0.717, 1.165) is 31.4 Å². The van der Waals surface area contributed by atoms with E-state index in [-0.39, 0.29) is 12.0 Å². The summed E-state index contributed by atoms with van der Waals surface area (Å²) >= 11 is 0. The summed E-state index contributed by atoms with van der Waals surface area (Å²) < 4.78 is 11.0. The van der Waals surface area contributed by atoms with Gasteiger partial charge in [0.2, 0.25) is 0 Å². The van der Waals surface area contributed by atoms with Crippen molar-refractivity contribution >= 4 is 11.8 Å². The van der Waals surface area contributed by atoms with Gasteiger partial charge in [-0.3, -0.25) is 10.1 Å². The fraction of sp³-hybridized carbons (Fsp3) is 0.429. The number of benzene rings is 1. The van der Waals surface area contributed by atoms with E-state index in [1.807, 2.05) is 12.2 Å². The average molecular weight is 263 g/mol. The summed E-state index contributed by atoms with van der Waals surface area (Å²) in [6.45, 7) is 1.26. The van der Waals surface area contributed by atoms with Gasteiger partial charge in [-0.1, -0.05) is 12.2 Å². The van der Waals surface area contributed by atoms with Crippen LogP contribution in [0.3, 0.4) is 0 Å². The molecule has 2 rings (SSSR count). The number of nitro benzene ring substituents is 1. The van der Waals surface area contributed by atoms with Gasteiger partial charge < -0.3 is 9.47 Å². The van der Waals surface area contributed by atoms with Gasteiger partial charge in [0.05, 0.1) is 11.5 Å². The van der Waals surface area contributed by atoms with Crippen molar-refractivity contribution in [3.63, 3.8) is 0 Å². The van der Waals surface area contributed by atoms with Crippen LogP contribution in [0.4, 0.5) is 5.69 Å².